The normalized spacial score (nSPS) is 16.4. The van der Waals surface area contributed by atoms with Gasteiger partial charge in [-0.25, -0.2) is 9.97 Å². The van der Waals surface area contributed by atoms with Crippen LogP contribution in [0.3, 0.4) is 0 Å². The van der Waals surface area contributed by atoms with Crippen molar-refractivity contribution in [2.24, 2.45) is 0 Å². The van der Waals surface area contributed by atoms with Gasteiger partial charge in [0.05, 0.1) is 0 Å². The van der Waals surface area contributed by atoms with Crippen LogP contribution in [0.5, 0.6) is 0 Å². The fourth-order valence-electron chi connectivity index (χ4n) is 4.51. The van der Waals surface area contributed by atoms with Crippen molar-refractivity contribution in [2.45, 2.75) is 25.6 Å². The first-order chi connectivity index (χ1) is 18.3. The van der Waals surface area contributed by atoms with Crippen LogP contribution in [0.1, 0.15) is 28.9 Å². The number of carbonyl (C=O) groups excluding carboxylic acids is 1. The van der Waals surface area contributed by atoms with Gasteiger partial charge in [-0.1, -0.05) is 42.0 Å². The van der Waals surface area contributed by atoms with Crippen LogP contribution >= 0.6 is 0 Å². The number of piperazine rings is 1. The number of imidazole rings is 1. The van der Waals surface area contributed by atoms with Gasteiger partial charge in [0, 0.05) is 51.4 Å². The molecule has 1 aromatic carbocycles. The molecule has 2 aliphatic rings. The highest BCUT2D eigenvalue weighted by Crippen LogP contribution is 2.31. The number of hydrogen-bond acceptors (Lipinski definition) is 7. The first kappa shape index (κ1) is 25.4. The van der Waals surface area contributed by atoms with Gasteiger partial charge in [-0.05, 0) is 23.6 Å². The van der Waals surface area contributed by atoms with E-state index in [1.807, 2.05) is 17.0 Å². The van der Waals surface area contributed by atoms with Crippen LogP contribution in [-0.2, 0) is 23.9 Å². The van der Waals surface area contributed by atoms with E-state index in [-0.39, 0.29) is 23.2 Å². The molecule has 0 unspecified atom stereocenters. The van der Waals surface area contributed by atoms with Crippen LogP contribution in [0.25, 0.3) is 5.95 Å². The predicted octanol–water partition coefficient (Wildman–Crippen LogP) is 3.87. The average molecular weight is 520 g/mol. The molecule has 3 aromatic rings. The fraction of sp³-hybridized carbons (Fsp3) is 0.296. The van der Waals surface area contributed by atoms with E-state index >= 15 is 0 Å². The highest BCUT2D eigenvalue weighted by atomic mass is 19.4. The molecule has 8 nitrogen and oxygen atoms in total. The Kier molecular flexibility index (Phi) is 7.07. The number of nitrogens with zero attached hydrogens (tertiary/aromatic N) is 7. The molecule has 0 radical (unpaired) electrons. The number of anilines is 1. The summed E-state index contributed by atoms with van der Waals surface area (Å²) < 4.78 is 41.9. The van der Waals surface area contributed by atoms with Gasteiger partial charge in [-0.2, -0.15) is 23.4 Å². The number of carbonyl (C=O) groups is 1. The van der Waals surface area contributed by atoms with E-state index in [1.165, 1.54) is 17.1 Å². The molecule has 3 heterocycles. The van der Waals surface area contributed by atoms with E-state index < -0.39 is 11.9 Å². The van der Waals surface area contributed by atoms with E-state index in [0.717, 1.165) is 35.7 Å². The minimum Gasteiger partial charge on any atom is -0.354 e. The summed E-state index contributed by atoms with van der Waals surface area (Å²) >= 11 is 0. The second kappa shape index (κ2) is 10.6. The van der Waals surface area contributed by atoms with Crippen LogP contribution < -0.4 is 4.90 Å². The molecule has 0 bridgehead atoms. The third-order valence-corrected chi connectivity index (χ3v) is 6.49. The molecule has 0 N–H and O–H groups in total. The summed E-state index contributed by atoms with van der Waals surface area (Å²) in [7, 11) is 0. The van der Waals surface area contributed by atoms with E-state index in [1.54, 1.807) is 12.2 Å². The van der Waals surface area contributed by atoms with Crippen molar-refractivity contribution in [3.8, 4) is 12.0 Å². The smallest absolute Gasteiger partial charge is 0.354 e. The first-order valence-electron chi connectivity index (χ1n) is 12.1. The molecular weight excluding hydrogens is 495 g/mol. The molecule has 1 fully saturated rings. The molecule has 0 atom stereocenters. The van der Waals surface area contributed by atoms with E-state index in [0.29, 0.717) is 32.6 Å². The number of alkyl halides is 3. The third-order valence-electron chi connectivity index (χ3n) is 6.49. The summed E-state index contributed by atoms with van der Waals surface area (Å²) in [6.07, 6.45) is 4.47. The monoisotopic (exact) mass is 519 g/mol. The Labute approximate surface area is 217 Å². The molecule has 38 heavy (non-hydrogen) atoms. The SMILES string of the molecule is N#Cc1cn(-c2nc(N3CCN(Cc4ccc(CC5=CC=CC(=O)C5)cc4)CC3)cc(C(F)(F)F)n2)cn1. The quantitative estimate of drug-likeness (QED) is 0.488. The number of benzene rings is 1. The molecule has 11 heteroatoms. The maximum Gasteiger partial charge on any atom is 0.433 e. The molecule has 1 saturated heterocycles. The number of aromatic nitrogens is 4. The fourth-order valence-corrected chi connectivity index (χ4v) is 4.51. The maximum atomic E-state index is 13.6. The number of rotatable bonds is 6. The molecule has 2 aromatic heterocycles. The maximum absolute atomic E-state index is 13.6. The van der Waals surface area contributed by atoms with Crippen LogP contribution in [-0.4, -0.2) is 56.4 Å². The number of allylic oxidation sites excluding steroid dienone is 4. The van der Waals surface area contributed by atoms with Gasteiger partial charge in [0.1, 0.15) is 18.2 Å². The summed E-state index contributed by atoms with van der Waals surface area (Å²) in [4.78, 5) is 27.5. The second-order valence-electron chi connectivity index (χ2n) is 9.27. The average Bonchev–Trinajstić information content (AvgIpc) is 3.39. The summed E-state index contributed by atoms with van der Waals surface area (Å²) in [6.45, 7) is 3.07. The zero-order valence-corrected chi connectivity index (χ0v) is 20.4. The van der Waals surface area contributed by atoms with Crippen molar-refractivity contribution >= 4 is 11.6 Å². The van der Waals surface area contributed by atoms with Crippen LogP contribution in [0.4, 0.5) is 19.0 Å². The van der Waals surface area contributed by atoms with E-state index in [9.17, 15) is 18.0 Å². The summed E-state index contributed by atoms with van der Waals surface area (Å²) in [5.41, 5.74) is 2.41. The van der Waals surface area contributed by atoms with Crippen molar-refractivity contribution in [3.05, 3.63) is 89.2 Å². The minimum absolute atomic E-state index is 0.0625. The first-order valence-corrected chi connectivity index (χ1v) is 12.1. The largest absolute Gasteiger partial charge is 0.433 e. The van der Waals surface area contributed by atoms with Gasteiger partial charge in [0.15, 0.2) is 17.2 Å². The lowest BCUT2D eigenvalue weighted by Gasteiger charge is -2.35. The van der Waals surface area contributed by atoms with E-state index in [2.05, 4.69) is 44.1 Å². The van der Waals surface area contributed by atoms with Crippen molar-refractivity contribution < 1.29 is 18.0 Å². The molecule has 5 rings (SSSR count). The standard InChI is InChI=1S/C27H24F3N7O/c28-27(29,30)24-14-25(34-26(33-24)37-17-22(15-31)32-18-37)36-10-8-35(9-11-36)16-20-6-4-19(5-7-20)12-21-2-1-3-23(38)13-21/h1-7,14,17-18H,8-13,16H2. The highest BCUT2D eigenvalue weighted by molar-refractivity contribution is 5.93. The molecule has 1 aliphatic heterocycles. The Morgan fingerprint density at radius 2 is 1.76 bits per heavy atom. The highest BCUT2D eigenvalue weighted by Gasteiger charge is 2.35. The molecule has 0 amide bonds. The van der Waals surface area contributed by atoms with Gasteiger partial charge >= 0.3 is 6.18 Å². The van der Waals surface area contributed by atoms with E-state index in [4.69, 9.17) is 5.26 Å². The number of ketones is 1. The van der Waals surface area contributed by atoms with Crippen LogP contribution in [0.2, 0.25) is 0 Å². The summed E-state index contributed by atoms with van der Waals surface area (Å²) in [6, 6.07) is 11.1. The van der Waals surface area contributed by atoms with Crippen LogP contribution in [0, 0.1) is 11.3 Å². The third kappa shape index (κ3) is 5.98. The lowest BCUT2D eigenvalue weighted by atomic mass is 9.96. The Balaban J connectivity index is 1.23. The van der Waals surface area contributed by atoms with Gasteiger partial charge in [0.2, 0.25) is 5.95 Å². The van der Waals surface area contributed by atoms with Gasteiger partial charge < -0.3 is 4.90 Å². The predicted molar refractivity (Wildman–Crippen MR) is 133 cm³/mol. The van der Waals surface area contributed by atoms with Gasteiger partial charge in [0.25, 0.3) is 0 Å². The Morgan fingerprint density at radius 1 is 1.03 bits per heavy atom. The molecule has 1 aliphatic carbocycles. The van der Waals surface area contributed by atoms with Crippen molar-refractivity contribution in [3.63, 3.8) is 0 Å². The van der Waals surface area contributed by atoms with Crippen molar-refractivity contribution in [1.29, 1.82) is 5.26 Å². The van der Waals surface area contributed by atoms with Gasteiger partial charge in [-0.3, -0.25) is 14.3 Å². The second-order valence-corrected chi connectivity index (χ2v) is 9.27. The number of halogens is 3. The Bertz CT molecular complexity index is 1430. The lowest BCUT2D eigenvalue weighted by molar-refractivity contribution is -0.141. The number of hydrogen-bond donors (Lipinski definition) is 0. The molecule has 194 valence electrons. The molecule has 0 saturated carbocycles. The Hall–Kier alpha value is -4.30. The zero-order valence-electron chi connectivity index (χ0n) is 20.4. The molecular formula is C27H24F3N7O. The van der Waals surface area contributed by atoms with Crippen molar-refractivity contribution in [1.82, 2.24) is 24.4 Å². The minimum atomic E-state index is -4.64. The Morgan fingerprint density at radius 3 is 2.42 bits per heavy atom. The van der Waals surface area contributed by atoms with Gasteiger partial charge in [-0.15, -0.1) is 0 Å². The lowest BCUT2D eigenvalue weighted by Crippen LogP contribution is -2.46. The summed E-state index contributed by atoms with van der Waals surface area (Å²) in [5.74, 6) is 0.126. The summed E-state index contributed by atoms with van der Waals surface area (Å²) in [5, 5.41) is 8.98. The topological polar surface area (TPSA) is 90.9 Å². The van der Waals surface area contributed by atoms with Crippen LogP contribution in [0.15, 0.2) is 66.7 Å². The van der Waals surface area contributed by atoms with Crippen molar-refractivity contribution in [2.75, 3.05) is 31.1 Å². The zero-order chi connectivity index (χ0) is 26.7. The number of nitriles is 1. The molecule has 0 spiro atoms.